The molecule has 19 heavy (non-hydrogen) atoms. The highest BCUT2D eigenvalue weighted by Gasteiger charge is 2.21. The number of aromatic nitrogens is 2. The first-order chi connectivity index (χ1) is 9.18. The highest BCUT2D eigenvalue weighted by atomic mass is 16.6. The number of benzene rings is 1. The number of nitro groups is 1. The van der Waals surface area contributed by atoms with E-state index < -0.39 is 0 Å². The van der Waals surface area contributed by atoms with Crippen LogP contribution in [-0.4, -0.2) is 21.3 Å². The topological polar surface area (TPSA) is 70.2 Å². The van der Waals surface area contributed by atoms with Crippen LogP contribution in [0.4, 0.5) is 5.69 Å². The Morgan fingerprint density at radius 2 is 2.32 bits per heavy atom. The number of rotatable bonds is 2. The van der Waals surface area contributed by atoms with Crippen LogP contribution in [-0.2, 0) is 4.74 Å². The minimum Gasteiger partial charge on any atom is -0.356 e. The fourth-order valence-electron chi connectivity index (χ4n) is 2.59. The molecule has 1 aromatic heterocycles. The summed E-state index contributed by atoms with van der Waals surface area (Å²) < 4.78 is 7.55. The Morgan fingerprint density at radius 1 is 1.47 bits per heavy atom. The molecule has 0 spiro atoms. The summed E-state index contributed by atoms with van der Waals surface area (Å²) in [5.74, 6) is 0. The van der Waals surface area contributed by atoms with Crippen molar-refractivity contribution in [2.24, 2.45) is 0 Å². The Bertz CT molecular complexity index is 629. The predicted molar refractivity (Wildman–Crippen MR) is 70.0 cm³/mol. The van der Waals surface area contributed by atoms with E-state index in [1.807, 2.05) is 4.68 Å². The van der Waals surface area contributed by atoms with Crippen molar-refractivity contribution in [3.05, 3.63) is 34.0 Å². The maximum atomic E-state index is 10.9. The van der Waals surface area contributed by atoms with Gasteiger partial charge >= 0.3 is 0 Å². The van der Waals surface area contributed by atoms with Crippen molar-refractivity contribution in [1.29, 1.82) is 0 Å². The first-order valence-corrected chi connectivity index (χ1v) is 6.41. The van der Waals surface area contributed by atoms with Crippen molar-refractivity contribution in [3.8, 4) is 0 Å². The first kappa shape index (κ1) is 12.1. The van der Waals surface area contributed by atoms with Gasteiger partial charge in [-0.2, -0.15) is 5.10 Å². The number of fused-ring (bicyclic) bond motifs is 1. The molecular formula is C13H15N3O3. The van der Waals surface area contributed by atoms with Gasteiger partial charge in [-0.1, -0.05) is 0 Å². The molecule has 0 bridgehead atoms. The molecule has 1 atom stereocenters. The van der Waals surface area contributed by atoms with Crippen molar-refractivity contribution >= 4 is 16.6 Å². The molecule has 1 aromatic carbocycles. The van der Waals surface area contributed by atoms with Crippen molar-refractivity contribution < 1.29 is 9.66 Å². The quantitative estimate of drug-likeness (QED) is 0.615. The lowest BCUT2D eigenvalue weighted by molar-refractivity contribution is -0.385. The second kappa shape index (κ2) is 4.62. The molecule has 6 heteroatoms. The minimum absolute atomic E-state index is 0.0490. The van der Waals surface area contributed by atoms with E-state index in [2.05, 4.69) is 5.10 Å². The van der Waals surface area contributed by atoms with E-state index in [9.17, 15) is 10.1 Å². The maximum Gasteiger partial charge on any atom is 0.273 e. The highest BCUT2D eigenvalue weighted by molar-refractivity contribution is 5.85. The van der Waals surface area contributed by atoms with Crippen molar-refractivity contribution in [2.45, 2.75) is 32.4 Å². The Morgan fingerprint density at radius 3 is 3.00 bits per heavy atom. The van der Waals surface area contributed by atoms with Gasteiger partial charge in [0.15, 0.2) is 6.23 Å². The zero-order valence-electron chi connectivity index (χ0n) is 10.7. The van der Waals surface area contributed by atoms with Crippen LogP contribution in [0.5, 0.6) is 0 Å². The van der Waals surface area contributed by atoms with Gasteiger partial charge in [0, 0.05) is 23.6 Å². The van der Waals surface area contributed by atoms with E-state index in [1.54, 1.807) is 25.3 Å². The van der Waals surface area contributed by atoms with Crippen LogP contribution in [0, 0.1) is 17.0 Å². The third-order valence-corrected chi connectivity index (χ3v) is 3.65. The van der Waals surface area contributed by atoms with Gasteiger partial charge in [0.2, 0.25) is 0 Å². The Labute approximate surface area is 110 Å². The summed E-state index contributed by atoms with van der Waals surface area (Å²) in [5.41, 5.74) is 1.69. The largest absolute Gasteiger partial charge is 0.356 e. The second-order valence-electron chi connectivity index (χ2n) is 4.81. The zero-order valence-corrected chi connectivity index (χ0v) is 10.7. The van der Waals surface area contributed by atoms with Crippen LogP contribution in [0.1, 0.15) is 31.1 Å². The van der Waals surface area contributed by atoms with Gasteiger partial charge in [0.25, 0.3) is 5.69 Å². The number of nitro benzene ring substituents is 1. The van der Waals surface area contributed by atoms with Crippen LogP contribution >= 0.6 is 0 Å². The molecule has 1 unspecified atom stereocenters. The fourth-order valence-corrected chi connectivity index (χ4v) is 2.59. The molecule has 100 valence electrons. The second-order valence-corrected chi connectivity index (χ2v) is 4.81. The summed E-state index contributed by atoms with van der Waals surface area (Å²) in [5, 5.41) is 16.1. The van der Waals surface area contributed by atoms with Crippen LogP contribution in [0.15, 0.2) is 18.3 Å². The Balaban J connectivity index is 2.08. The number of aryl methyl sites for hydroxylation is 1. The third kappa shape index (κ3) is 1.98. The molecule has 1 aliphatic rings. The van der Waals surface area contributed by atoms with Crippen molar-refractivity contribution in [3.63, 3.8) is 0 Å². The molecule has 1 saturated heterocycles. The SMILES string of the molecule is Cc1c([N+](=O)[O-])ccc2c1cnn2C1CCCCO1. The van der Waals surface area contributed by atoms with Crippen molar-refractivity contribution in [1.82, 2.24) is 9.78 Å². The van der Waals surface area contributed by atoms with Gasteiger partial charge in [-0.3, -0.25) is 10.1 Å². The van der Waals surface area contributed by atoms with Gasteiger partial charge < -0.3 is 4.74 Å². The monoisotopic (exact) mass is 261 g/mol. The summed E-state index contributed by atoms with van der Waals surface area (Å²) in [4.78, 5) is 10.6. The molecule has 2 heterocycles. The van der Waals surface area contributed by atoms with Crippen LogP contribution in [0.25, 0.3) is 10.9 Å². The molecule has 6 nitrogen and oxygen atoms in total. The average Bonchev–Trinajstić information content (AvgIpc) is 2.84. The lowest BCUT2D eigenvalue weighted by Crippen LogP contribution is -2.18. The molecule has 0 amide bonds. The number of hydrogen-bond donors (Lipinski definition) is 0. The van der Waals surface area contributed by atoms with Gasteiger partial charge in [-0.05, 0) is 32.3 Å². The van der Waals surface area contributed by atoms with E-state index in [0.717, 1.165) is 36.8 Å². The number of hydrogen-bond acceptors (Lipinski definition) is 4. The Hall–Kier alpha value is -1.95. The van der Waals surface area contributed by atoms with Crippen LogP contribution in [0.2, 0.25) is 0 Å². The summed E-state index contributed by atoms with van der Waals surface area (Å²) in [6, 6.07) is 3.30. The molecule has 1 aliphatic heterocycles. The van der Waals surface area contributed by atoms with E-state index in [1.165, 1.54) is 0 Å². The molecule has 0 N–H and O–H groups in total. The smallest absolute Gasteiger partial charge is 0.273 e. The number of ether oxygens (including phenoxy) is 1. The zero-order chi connectivity index (χ0) is 13.4. The van der Waals surface area contributed by atoms with E-state index >= 15 is 0 Å². The lowest BCUT2D eigenvalue weighted by atomic mass is 10.1. The molecular weight excluding hydrogens is 246 g/mol. The highest BCUT2D eigenvalue weighted by Crippen LogP contribution is 2.30. The standard InChI is InChI=1S/C13H15N3O3/c1-9-10-8-14-15(13-4-2-3-7-19-13)12(10)6-5-11(9)16(17)18/h5-6,8,13H,2-4,7H2,1H3. The maximum absolute atomic E-state index is 10.9. The minimum atomic E-state index is -0.358. The van der Waals surface area contributed by atoms with E-state index in [0.29, 0.717) is 5.56 Å². The molecule has 2 aromatic rings. The first-order valence-electron chi connectivity index (χ1n) is 6.41. The van der Waals surface area contributed by atoms with E-state index in [-0.39, 0.29) is 16.8 Å². The molecule has 0 radical (unpaired) electrons. The lowest BCUT2D eigenvalue weighted by Gasteiger charge is -2.23. The van der Waals surface area contributed by atoms with Crippen molar-refractivity contribution in [2.75, 3.05) is 6.61 Å². The summed E-state index contributed by atoms with van der Waals surface area (Å²) in [6.45, 7) is 2.51. The van der Waals surface area contributed by atoms with Gasteiger partial charge in [-0.15, -0.1) is 0 Å². The van der Waals surface area contributed by atoms with Crippen LogP contribution in [0.3, 0.4) is 0 Å². The van der Waals surface area contributed by atoms with Gasteiger partial charge in [0.1, 0.15) is 0 Å². The third-order valence-electron chi connectivity index (χ3n) is 3.65. The predicted octanol–water partition coefficient (Wildman–Crippen LogP) is 2.95. The molecule has 0 saturated carbocycles. The summed E-state index contributed by atoms with van der Waals surface area (Å²) in [6.07, 6.45) is 4.78. The Kier molecular flexibility index (Phi) is 2.94. The van der Waals surface area contributed by atoms with E-state index in [4.69, 9.17) is 4.74 Å². The molecule has 3 rings (SSSR count). The summed E-state index contributed by atoms with van der Waals surface area (Å²) in [7, 11) is 0. The fraction of sp³-hybridized carbons (Fsp3) is 0.462. The summed E-state index contributed by atoms with van der Waals surface area (Å²) >= 11 is 0. The van der Waals surface area contributed by atoms with Crippen LogP contribution < -0.4 is 0 Å². The van der Waals surface area contributed by atoms with Gasteiger partial charge in [0.05, 0.1) is 16.6 Å². The molecule has 1 fully saturated rings. The van der Waals surface area contributed by atoms with Gasteiger partial charge in [-0.25, -0.2) is 4.68 Å². The average molecular weight is 261 g/mol. The normalized spacial score (nSPS) is 19.7. The molecule has 0 aliphatic carbocycles. The number of nitrogens with zero attached hydrogens (tertiary/aromatic N) is 3.